The second kappa shape index (κ2) is 4.28. The number of imidazole rings is 1. The summed E-state index contributed by atoms with van der Waals surface area (Å²) in [7, 11) is 0. The maximum absolute atomic E-state index is 10.9. The lowest BCUT2D eigenvalue weighted by molar-refractivity contribution is 0.0697. The lowest BCUT2D eigenvalue weighted by atomic mass is 10.1. The lowest BCUT2D eigenvalue weighted by Crippen LogP contribution is -2.02. The van der Waals surface area contributed by atoms with Gasteiger partial charge in [-0.15, -0.1) is 0 Å². The van der Waals surface area contributed by atoms with Gasteiger partial charge in [-0.25, -0.2) is 9.78 Å². The summed E-state index contributed by atoms with van der Waals surface area (Å²) < 4.78 is 1.92. The minimum absolute atomic E-state index is 0.238. The van der Waals surface area contributed by atoms with E-state index in [1.165, 1.54) is 12.8 Å². The monoisotopic (exact) mass is 264 g/mol. The number of aromatic carboxylic acids is 1. The summed E-state index contributed by atoms with van der Waals surface area (Å²) in [4.78, 5) is 15.4. The van der Waals surface area contributed by atoms with Gasteiger partial charge in [0.25, 0.3) is 0 Å². The van der Waals surface area contributed by atoms with Gasteiger partial charge in [0.15, 0.2) is 5.15 Å². The summed E-state index contributed by atoms with van der Waals surface area (Å²) in [5, 5.41) is 9.37. The van der Waals surface area contributed by atoms with E-state index in [4.69, 9.17) is 16.7 Å². The molecule has 2 aromatic heterocycles. The molecule has 94 valence electrons. The number of nitrogens with zero attached hydrogens (tertiary/aromatic N) is 2. The molecule has 0 spiro atoms. The Morgan fingerprint density at radius 1 is 1.44 bits per heavy atom. The maximum atomic E-state index is 10.9. The first-order valence-corrected chi connectivity index (χ1v) is 6.45. The fourth-order valence-corrected chi connectivity index (χ4v) is 2.91. The molecule has 0 radical (unpaired) electrons. The third-order valence-corrected chi connectivity index (χ3v) is 3.87. The van der Waals surface area contributed by atoms with Crippen LogP contribution in [0.3, 0.4) is 0 Å². The van der Waals surface area contributed by atoms with Crippen LogP contribution in [0, 0.1) is 0 Å². The van der Waals surface area contributed by atoms with E-state index >= 15 is 0 Å². The first-order valence-electron chi connectivity index (χ1n) is 6.07. The Balaban J connectivity index is 2.14. The molecule has 0 aromatic carbocycles. The van der Waals surface area contributed by atoms with Crippen molar-refractivity contribution in [3.05, 3.63) is 34.9 Å². The van der Waals surface area contributed by atoms with Crippen molar-refractivity contribution in [2.45, 2.75) is 31.6 Å². The van der Waals surface area contributed by atoms with E-state index in [9.17, 15) is 4.79 Å². The highest BCUT2D eigenvalue weighted by Gasteiger charge is 2.23. The number of halogens is 1. The smallest absolute Gasteiger partial charge is 0.335 e. The molecular weight excluding hydrogens is 252 g/mol. The fourth-order valence-electron chi connectivity index (χ4n) is 2.68. The fraction of sp³-hybridized carbons (Fsp3) is 0.385. The quantitative estimate of drug-likeness (QED) is 0.905. The average Bonchev–Trinajstić information content (AvgIpc) is 2.97. The number of aromatic nitrogens is 2. The van der Waals surface area contributed by atoms with E-state index in [-0.39, 0.29) is 5.56 Å². The van der Waals surface area contributed by atoms with Gasteiger partial charge in [-0.05, 0) is 25.0 Å². The predicted octanol–water partition coefficient (Wildman–Crippen LogP) is 3.34. The van der Waals surface area contributed by atoms with Crippen LogP contribution in [-0.2, 0) is 0 Å². The zero-order valence-electron chi connectivity index (χ0n) is 9.77. The van der Waals surface area contributed by atoms with Crippen molar-refractivity contribution in [3.8, 4) is 0 Å². The predicted molar refractivity (Wildman–Crippen MR) is 68.4 cm³/mol. The molecule has 3 rings (SSSR count). The topological polar surface area (TPSA) is 54.6 Å². The van der Waals surface area contributed by atoms with Gasteiger partial charge in [0, 0.05) is 12.1 Å². The summed E-state index contributed by atoms with van der Waals surface area (Å²) in [6.07, 6.45) is 6.48. The zero-order chi connectivity index (χ0) is 12.7. The van der Waals surface area contributed by atoms with E-state index in [0.29, 0.717) is 16.6 Å². The molecule has 0 atom stereocenters. The number of carboxylic acid groups (broad SMARTS) is 1. The molecular formula is C13H13ClN2O2. The van der Waals surface area contributed by atoms with Crippen LogP contribution < -0.4 is 0 Å². The molecule has 1 aliphatic rings. The number of carbonyl (C=O) groups is 1. The van der Waals surface area contributed by atoms with Crippen LogP contribution in [0.1, 0.15) is 47.8 Å². The minimum Gasteiger partial charge on any atom is -0.478 e. The molecule has 1 N–H and O–H groups in total. The van der Waals surface area contributed by atoms with Crippen LogP contribution in [-0.4, -0.2) is 20.5 Å². The van der Waals surface area contributed by atoms with Gasteiger partial charge in [0.05, 0.1) is 11.1 Å². The molecule has 2 heterocycles. The Kier molecular flexibility index (Phi) is 2.74. The molecule has 0 bridgehead atoms. The SMILES string of the molecule is O=C(O)c1ccn2c(C3CCCC3)nc(Cl)c2c1. The van der Waals surface area contributed by atoms with Gasteiger partial charge in [-0.1, -0.05) is 24.4 Å². The second-order valence-electron chi connectivity index (χ2n) is 4.72. The Morgan fingerprint density at radius 2 is 2.17 bits per heavy atom. The van der Waals surface area contributed by atoms with Crippen LogP contribution in [0.5, 0.6) is 0 Å². The highest BCUT2D eigenvalue weighted by Crippen LogP contribution is 2.35. The summed E-state index contributed by atoms with van der Waals surface area (Å²) in [5.74, 6) is 0.460. The molecule has 5 heteroatoms. The van der Waals surface area contributed by atoms with Gasteiger partial charge in [0.2, 0.25) is 0 Å². The number of fused-ring (bicyclic) bond motifs is 1. The Morgan fingerprint density at radius 3 is 2.83 bits per heavy atom. The number of hydrogen-bond donors (Lipinski definition) is 1. The molecule has 1 fully saturated rings. The molecule has 0 unspecified atom stereocenters. The Hall–Kier alpha value is -1.55. The van der Waals surface area contributed by atoms with E-state index in [1.54, 1.807) is 18.3 Å². The second-order valence-corrected chi connectivity index (χ2v) is 5.08. The van der Waals surface area contributed by atoms with Crippen LogP contribution in [0.15, 0.2) is 18.3 Å². The highest BCUT2D eigenvalue weighted by atomic mass is 35.5. The van der Waals surface area contributed by atoms with Crippen molar-refractivity contribution in [1.29, 1.82) is 0 Å². The average molecular weight is 265 g/mol. The summed E-state index contributed by atoms with van der Waals surface area (Å²) in [6.45, 7) is 0. The molecule has 2 aromatic rings. The summed E-state index contributed by atoms with van der Waals surface area (Å²) in [5.41, 5.74) is 0.917. The minimum atomic E-state index is -0.947. The normalized spacial score (nSPS) is 16.5. The molecule has 18 heavy (non-hydrogen) atoms. The third kappa shape index (κ3) is 1.77. The largest absolute Gasteiger partial charge is 0.478 e. The first kappa shape index (κ1) is 11.5. The molecule has 4 nitrogen and oxygen atoms in total. The summed E-state index contributed by atoms with van der Waals surface area (Å²) >= 11 is 6.11. The maximum Gasteiger partial charge on any atom is 0.335 e. The Labute approximate surface area is 109 Å². The van der Waals surface area contributed by atoms with E-state index in [0.717, 1.165) is 18.7 Å². The number of rotatable bonds is 2. The van der Waals surface area contributed by atoms with Crippen molar-refractivity contribution >= 4 is 23.1 Å². The highest BCUT2D eigenvalue weighted by molar-refractivity contribution is 6.32. The van der Waals surface area contributed by atoms with Crippen LogP contribution in [0.2, 0.25) is 5.15 Å². The standard InChI is InChI=1S/C13H13ClN2O2/c14-11-10-7-9(13(17)18)5-6-16(10)12(15-11)8-3-1-2-4-8/h5-8H,1-4H2,(H,17,18). The van der Waals surface area contributed by atoms with Crippen molar-refractivity contribution in [2.75, 3.05) is 0 Å². The Bertz CT molecular complexity index is 615. The number of hydrogen-bond acceptors (Lipinski definition) is 2. The van der Waals surface area contributed by atoms with Gasteiger partial charge in [-0.3, -0.25) is 0 Å². The molecule has 1 aliphatic carbocycles. The van der Waals surface area contributed by atoms with Crippen molar-refractivity contribution < 1.29 is 9.90 Å². The molecule has 0 saturated heterocycles. The summed E-state index contributed by atoms with van der Waals surface area (Å²) in [6, 6.07) is 3.17. The zero-order valence-corrected chi connectivity index (χ0v) is 10.5. The van der Waals surface area contributed by atoms with Crippen molar-refractivity contribution in [3.63, 3.8) is 0 Å². The first-order chi connectivity index (χ1) is 8.66. The molecule has 1 saturated carbocycles. The molecule has 0 amide bonds. The van der Waals surface area contributed by atoms with Gasteiger partial charge < -0.3 is 9.51 Å². The van der Waals surface area contributed by atoms with Gasteiger partial charge >= 0.3 is 5.97 Å². The number of pyridine rings is 1. The third-order valence-electron chi connectivity index (χ3n) is 3.59. The van der Waals surface area contributed by atoms with Crippen molar-refractivity contribution in [1.82, 2.24) is 9.38 Å². The van der Waals surface area contributed by atoms with E-state index < -0.39 is 5.97 Å². The van der Waals surface area contributed by atoms with Crippen molar-refractivity contribution in [2.24, 2.45) is 0 Å². The van der Waals surface area contributed by atoms with E-state index in [2.05, 4.69) is 4.98 Å². The van der Waals surface area contributed by atoms with Gasteiger partial charge in [0.1, 0.15) is 5.82 Å². The number of carboxylic acids is 1. The van der Waals surface area contributed by atoms with Crippen LogP contribution in [0.4, 0.5) is 0 Å². The van der Waals surface area contributed by atoms with Crippen LogP contribution in [0.25, 0.3) is 5.52 Å². The van der Waals surface area contributed by atoms with E-state index in [1.807, 2.05) is 4.40 Å². The van der Waals surface area contributed by atoms with Gasteiger partial charge in [-0.2, -0.15) is 0 Å². The molecule has 0 aliphatic heterocycles. The lowest BCUT2D eigenvalue weighted by Gasteiger charge is -2.07. The van der Waals surface area contributed by atoms with Crippen LogP contribution >= 0.6 is 11.6 Å².